The molecule has 1 amide bonds. The fourth-order valence-electron chi connectivity index (χ4n) is 2.48. The van der Waals surface area contributed by atoms with Crippen LogP contribution >= 0.6 is 0 Å². The highest BCUT2D eigenvalue weighted by Crippen LogP contribution is 2.15. The minimum absolute atomic E-state index is 0.249. The van der Waals surface area contributed by atoms with Crippen LogP contribution in [-0.2, 0) is 11.3 Å². The summed E-state index contributed by atoms with van der Waals surface area (Å²) >= 11 is 0. The fraction of sp³-hybridized carbons (Fsp3) is 0.312. The Labute approximate surface area is 134 Å². The van der Waals surface area contributed by atoms with Crippen LogP contribution in [0.1, 0.15) is 5.56 Å². The Morgan fingerprint density at radius 2 is 1.96 bits per heavy atom. The molecule has 0 radical (unpaired) electrons. The van der Waals surface area contributed by atoms with Crippen LogP contribution in [0.15, 0.2) is 36.5 Å². The van der Waals surface area contributed by atoms with E-state index in [9.17, 15) is 9.18 Å². The van der Waals surface area contributed by atoms with Crippen molar-refractivity contribution in [1.82, 2.24) is 14.9 Å². The van der Waals surface area contributed by atoms with Crippen molar-refractivity contribution in [3.05, 3.63) is 47.9 Å². The highest BCUT2D eigenvalue weighted by atomic mass is 19.1. The molecule has 1 fully saturated rings. The molecule has 0 unspecified atom stereocenters. The lowest BCUT2D eigenvalue weighted by Crippen LogP contribution is -2.46. The number of rotatable bonds is 5. The second-order valence-corrected chi connectivity index (χ2v) is 5.31. The second-order valence-electron chi connectivity index (χ2n) is 5.31. The Hall–Kier alpha value is -2.70. The van der Waals surface area contributed by atoms with Crippen molar-refractivity contribution in [2.24, 2.45) is 0 Å². The van der Waals surface area contributed by atoms with Crippen molar-refractivity contribution in [3.63, 3.8) is 0 Å². The zero-order valence-corrected chi connectivity index (χ0v) is 12.7. The molecule has 1 aliphatic rings. The van der Waals surface area contributed by atoms with E-state index in [-0.39, 0.29) is 5.82 Å². The van der Waals surface area contributed by atoms with Crippen molar-refractivity contribution >= 4 is 18.2 Å². The normalized spacial score (nSPS) is 14.7. The van der Waals surface area contributed by atoms with E-state index in [1.807, 2.05) is 6.07 Å². The van der Waals surface area contributed by atoms with Gasteiger partial charge < -0.3 is 15.1 Å². The molecule has 1 aromatic heterocycles. The minimum atomic E-state index is -0.249. The summed E-state index contributed by atoms with van der Waals surface area (Å²) in [5, 5.41) is 3.05. The smallest absolute Gasteiger partial charge is 0.224 e. The summed E-state index contributed by atoms with van der Waals surface area (Å²) in [6.45, 7) is 3.18. The van der Waals surface area contributed by atoms with Crippen molar-refractivity contribution in [1.29, 1.82) is 0 Å². The Kier molecular flexibility index (Phi) is 4.65. The van der Waals surface area contributed by atoms with Gasteiger partial charge in [-0.15, -0.1) is 0 Å². The van der Waals surface area contributed by atoms with Gasteiger partial charge in [-0.05, 0) is 12.1 Å². The number of piperazine rings is 1. The van der Waals surface area contributed by atoms with Gasteiger partial charge in [0, 0.05) is 44.5 Å². The molecule has 23 heavy (non-hydrogen) atoms. The summed E-state index contributed by atoms with van der Waals surface area (Å²) < 4.78 is 13.6. The summed E-state index contributed by atoms with van der Waals surface area (Å²) in [7, 11) is 0. The second kappa shape index (κ2) is 7.04. The number of nitrogens with zero attached hydrogens (tertiary/aromatic N) is 4. The Morgan fingerprint density at radius 1 is 1.17 bits per heavy atom. The van der Waals surface area contributed by atoms with Crippen LogP contribution in [0, 0.1) is 5.82 Å². The van der Waals surface area contributed by atoms with Gasteiger partial charge >= 0.3 is 0 Å². The van der Waals surface area contributed by atoms with Crippen molar-refractivity contribution in [2.75, 3.05) is 36.4 Å². The van der Waals surface area contributed by atoms with Gasteiger partial charge in [0.25, 0.3) is 0 Å². The average Bonchev–Trinajstić information content (AvgIpc) is 2.61. The number of benzene rings is 1. The molecule has 3 rings (SSSR count). The van der Waals surface area contributed by atoms with Crippen LogP contribution in [0.4, 0.5) is 16.2 Å². The molecule has 1 N–H and O–H groups in total. The number of carbonyl (C=O) groups is 1. The third kappa shape index (κ3) is 3.74. The molecule has 1 aromatic carbocycles. The number of carbonyl (C=O) groups excluding carboxylic acids is 1. The number of anilines is 2. The lowest BCUT2D eigenvalue weighted by Gasteiger charge is -2.33. The van der Waals surface area contributed by atoms with Gasteiger partial charge in [-0.1, -0.05) is 18.2 Å². The molecule has 1 saturated heterocycles. The third-order valence-electron chi connectivity index (χ3n) is 3.82. The molecule has 120 valence electrons. The van der Waals surface area contributed by atoms with E-state index in [1.165, 1.54) is 6.07 Å². The maximum absolute atomic E-state index is 13.6. The number of hydrogen-bond donors (Lipinski definition) is 1. The van der Waals surface area contributed by atoms with Gasteiger partial charge in [0.1, 0.15) is 11.6 Å². The Morgan fingerprint density at radius 3 is 2.70 bits per heavy atom. The Balaban J connectivity index is 1.64. The summed E-state index contributed by atoms with van der Waals surface area (Å²) in [4.78, 5) is 23.2. The quantitative estimate of drug-likeness (QED) is 0.848. The molecule has 1 aliphatic heterocycles. The van der Waals surface area contributed by atoms with Crippen molar-refractivity contribution < 1.29 is 9.18 Å². The molecule has 7 heteroatoms. The monoisotopic (exact) mass is 315 g/mol. The lowest BCUT2D eigenvalue weighted by molar-refractivity contribution is -0.118. The van der Waals surface area contributed by atoms with Gasteiger partial charge in [0.2, 0.25) is 12.4 Å². The first kappa shape index (κ1) is 15.2. The average molecular weight is 315 g/mol. The van der Waals surface area contributed by atoms with E-state index in [4.69, 9.17) is 0 Å². The lowest BCUT2D eigenvalue weighted by atomic mass is 10.2. The maximum atomic E-state index is 13.6. The third-order valence-corrected chi connectivity index (χ3v) is 3.82. The molecule has 2 heterocycles. The predicted molar refractivity (Wildman–Crippen MR) is 85.6 cm³/mol. The highest BCUT2D eigenvalue weighted by molar-refractivity contribution is 5.49. The van der Waals surface area contributed by atoms with E-state index >= 15 is 0 Å². The predicted octanol–water partition coefficient (Wildman–Crippen LogP) is 1.51. The van der Waals surface area contributed by atoms with E-state index in [2.05, 4.69) is 20.2 Å². The first-order valence-electron chi connectivity index (χ1n) is 7.51. The standard InChI is InChI=1S/C16H18FN5O/c17-14-4-2-1-3-13(14)11-19-16-18-6-5-15(20-16)22-9-7-21(12-23)8-10-22/h1-6,12H,7-11H2,(H,18,19,20). The van der Waals surface area contributed by atoms with E-state index < -0.39 is 0 Å². The summed E-state index contributed by atoms with van der Waals surface area (Å²) in [5.74, 6) is 1.02. The molecule has 0 saturated carbocycles. The van der Waals surface area contributed by atoms with Crippen LogP contribution in [-0.4, -0.2) is 47.5 Å². The molecule has 6 nitrogen and oxygen atoms in total. The fourth-order valence-corrected chi connectivity index (χ4v) is 2.48. The zero-order valence-electron chi connectivity index (χ0n) is 12.7. The summed E-state index contributed by atoms with van der Waals surface area (Å²) in [6, 6.07) is 8.45. The largest absolute Gasteiger partial charge is 0.353 e. The van der Waals surface area contributed by atoms with Gasteiger partial charge in [0.05, 0.1) is 0 Å². The number of halogens is 1. The molecule has 0 bridgehead atoms. The van der Waals surface area contributed by atoms with Crippen LogP contribution in [0.3, 0.4) is 0 Å². The highest BCUT2D eigenvalue weighted by Gasteiger charge is 2.17. The molecule has 0 spiro atoms. The summed E-state index contributed by atoms with van der Waals surface area (Å²) in [6.07, 6.45) is 2.55. The topological polar surface area (TPSA) is 61.4 Å². The van der Waals surface area contributed by atoms with Crippen LogP contribution in [0.2, 0.25) is 0 Å². The molecular weight excluding hydrogens is 297 g/mol. The van der Waals surface area contributed by atoms with Crippen molar-refractivity contribution in [3.8, 4) is 0 Å². The van der Waals surface area contributed by atoms with Crippen molar-refractivity contribution in [2.45, 2.75) is 6.54 Å². The number of aromatic nitrogens is 2. The van der Waals surface area contributed by atoms with Gasteiger partial charge in [-0.3, -0.25) is 4.79 Å². The van der Waals surface area contributed by atoms with E-state index in [0.29, 0.717) is 31.1 Å². The number of hydrogen-bond acceptors (Lipinski definition) is 5. The minimum Gasteiger partial charge on any atom is -0.353 e. The summed E-state index contributed by atoms with van der Waals surface area (Å²) in [5.41, 5.74) is 0.570. The Bertz CT molecular complexity index is 673. The van der Waals surface area contributed by atoms with E-state index in [0.717, 1.165) is 25.3 Å². The van der Waals surface area contributed by atoms with E-state index in [1.54, 1.807) is 29.3 Å². The zero-order chi connectivity index (χ0) is 16.1. The molecule has 0 atom stereocenters. The molecular formula is C16H18FN5O. The van der Waals surface area contributed by atoms with Gasteiger partial charge in [-0.25, -0.2) is 9.37 Å². The first-order valence-corrected chi connectivity index (χ1v) is 7.51. The number of nitrogens with one attached hydrogen (secondary N) is 1. The molecule has 2 aromatic rings. The maximum Gasteiger partial charge on any atom is 0.224 e. The van der Waals surface area contributed by atoms with Crippen LogP contribution < -0.4 is 10.2 Å². The van der Waals surface area contributed by atoms with Crippen LogP contribution in [0.25, 0.3) is 0 Å². The van der Waals surface area contributed by atoms with Gasteiger partial charge in [0.15, 0.2) is 0 Å². The van der Waals surface area contributed by atoms with Gasteiger partial charge in [-0.2, -0.15) is 4.98 Å². The SMILES string of the molecule is O=CN1CCN(c2ccnc(NCc3ccccc3F)n2)CC1. The molecule has 0 aliphatic carbocycles. The van der Waals surface area contributed by atoms with Crippen LogP contribution in [0.5, 0.6) is 0 Å². The number of amides is 1. The first-order chi connectivity index (χ1) is 11.3.